The number of carbonyl (C=O) groups excluding carboxylic acids is 1. The molecule has 2 N–H and O–H groups in total. The molecule has 0 saturated carbocycles. The lowest BCUT2D eigenvalue weighted by Gasteiger charge is -2.11. The van der Waals surface area contributed by atoms with Gasteiger partial charge in [0.2, 0.25) is 0 Å². The third-order valence-corrected chi connectivity index (χ3v) is 3.25. The van der Waals surface area contributed by atoms with Crippen LogP contribution < -0.4 is 5.32 Å². The summed E-state index contributed by atoms with van der Waals surface area (Å²) < 4.78 is 13.3. The van der Waals surface area contributed by atoms with E-state index >= 15 is 0 Å². The highest BCUT2D eigenvalue weighted by Gasteiger charge is 2.10. The Morgan fingerprint density at radius 3 is 2.74 bits per heavy atom. The molecule has 0 bridgehead atoms. The Labute approximate surface area is 119 Å². The van der Waals surface area contributed by atoms with Gasteiger partial charge in [-0.2, -0.15) is 0 Å². The first-order chi connectivity index (χ1) is 8.90. The summed E-state index contributed by atoms with van der Waals surface area (Å²) in [6.07, 6.45) is 0.585. The maximum atomic E-state index is 13.0. The summed E-state index contributed by atoms with van der Waals surface area (Å²) in [6.45, 7) is 2.25. The van der Waals surface area contributed by atoms with E-state index in [4.69, 9.17) is 5.11 Å². The second-order valence-corrected chi connectivity index (χ2v) is 5.23. The predicted octanol–water partition coefficient (Wildman–Crippen LogP) is 2.82. The fraction of sp³-hybridized carbons (Fsp3) is 0.385. The Hall–Kier alpha value is -1.43. The molecule has 1 unspecified atom stereocenters. The van der Waals surface area contributed by atoms with Crippen LogP contribution >= 0.6 is 15.9 Å². The van der Waals surface area contributed by atoms with Gasteiger partial charge in [-0.1, -0.05) is 6.92 Å². The molecule has 0 spiro atoms. The van der Waals surface area contributed by atoms with Gasteiger partial charge in [0.15, 0.2) is 0 Å². The first kappa shape index (κ1) is 15.6. The number of benzene rings is 1. The minimum absolute atomic E-state index is 0.0731. The van der Waals surface area contributed by atoms with Crippen LogP contribution in [0.5, 0.6) is 0 Å². The summed E-state index contributed by atoms with van der Waals surface area (Å²) >= 11 is 3.01. The molecule has 0 aliphatic carbocycles. The fourth-order valence-corrected chi connectivity index (χ4v) is 1.86. The smallest absolute Gasteiger partial charge is 0.303 e. The van der Waals surface area contributed by atoms with Crippen LogP contribution in [0.3, 0.4) is 0 Å². The third kappa shape index (κ3) is 5.38. The Morgan fingerprint density at radius 1 is 1.47 bits per heavy atom. The van der Waals surface area contributed by atoms with Crippen LogP contribution in [0, 0.1) is 11.7 Å². The summed E-state index contributed by atoms with van der Waals surface area (Å²) in [6, 6.07) is 4.02. The molecule has 19 heavy (non-hydrogen) atoms. The van der Waals surface area contributed by atoms with Crippen LogP contribution in [0.15, 0.2) is 22.7 Å². The van der Waals surface area contributed by atoms with Crippen molar-refractivity contribution in [3.63, 3.8) is 0 Å². The molecular weight excluding hydrogens is 317 g/mol. The molecule has 4 nitrogen and oxygen atoms in total. The molecular formula is C13H15BrFNO3. The summed E-state index contributed by atoms with van der Waals surface area (Å²) in [4.78, 5) is 22.2. The van der Waals surface area contributed by atoms with Crippen molar-refractivity contribution in [2.75, 3.05) is 6.54 Å². The predicted molar refractivity (Wildman–Crippen MR) is 72.5 cm³/mol. The van der Waals surface area contributed by atoms with Crippen molar-refractivity contribution < 1.29 is 19.1 Å². The molecule has 1 rings (SSSR count). The number of rotatable bonds is 6. The molecule has 0 fully saturated rings. The van der Waals surface area contributed by atoms with Gasteiger partial charge in [-0.25, -0.2) is 4.39 Å². The van der Waals surface area contributed by atoms with Crippen molar-refractivity contribution in [3.8, 4) is 0 Å². The number of carbonyl (C=O) groups is 2. The fourth-order valence-electron chi connectivity index (χ4n) is 1.48. The molecule has 1 aromatic rings. The topological polar surface area (TPSA) is 66.4 Å². The van der Waals surface area contributed by atoms with E-state index in [0.717, 1.165) is 0 Å². The van der Waals surface area contributed by atoms with Gasteiger partial charge >= 0.3 is 5.97 Å². The van der Waals surface area contributed by atoms with Gasteiger partial charge < -0.3 is 10.4 Å². The van der Waals surface area contributed by atoms with E-state index in [1.807, 2.05) is 6.92 Å². The molecule has 1 aromatic carbocycles. The highest BCUT2D eigenvalue weighted by atomic mass is 79.9. The Kier molecular flexibility index (Phi) is 5.95. The lowest BCUT2D eigenvalue weighted by molar-refractivity contribution is -0.137. The van der Waals surface area contributed by atoms with E-state index in [-0.39, 0.29) is 22.7 Å². The van der Waals surface area contributed by atoms with Gasteiger partial charge in [0.05, 0.1) is 4.47 Å². The van der Waals surface area contributed by atoms with Crippen LogP contribution in [0.4, 0.5) is 4.39 Å². The van der Waals surface area contributed by atoms with Crippen molar-refractivity contribution in [1.82, 2.24) is 5.32 Å². The Balaban J connectivity index is 2.46. The van der Waals surface area contributed by atoms with Gasteiger partial charge in [-0.3, -0.25) is 9.59 Å². The van der Waals surface area contributed by atoms with E-state index in [0.29, 0.717) is 18.5 Å². The minimum Gasteiger partial charge on any atom is -0.481 e. The quantitative estimate of drug-likeness (QED) is 0.842. The SMILES string of the molecule is CC(CCC(=O)O)CNC(=O)c1ccc(F)c(Br)c1. The highest BCUT2D eigenvalue weighted by Crippen LogP contribution is 2.16. The van der Waals surface area contributed by atoms with Crippen molar-refractivity contribution in [2.45, 2.75) is 19.8 Å². The van der Waals surface area contributed by atoms with Gasteiger partial charge in [-0.15, -0.1) is 0 Å². The van der Waals surface area contributed by atoms with Crippen LogP contribution in [-0.2, 0) is 4.79 Å². The zero-order valence-corrected chi connectivity index (χ0v) is 12.0. The molecule has 0 aromatic heterocycles. The van der Waals surface area contributed by atoms with Crippen molar-refractivity contribution in [1.29, 1.82) is 0 Å². The van der Waals surface area contributed by atoms with Gasteiger partial charge in [0.25, 0.3) is 5.91 Å². The lowest BCUT2D eigenvalue weighted by Crippen LogP contribution is -2.28. The molecule has 104 valence electrons. The van der Waals surface area contributed by atoms with Gasteiger partial charge in [-0.05, 0) is 46.5 Å². The monoisotopic (exact) mass is 331 g/mol. The van der Waals surface area contributed by atoms with Crippen LogP contribution in [0.1, 0.15) is 30.1 Å². The summed E-state index contributed by atoms with van der Waals surface area (Å²) in [5.74, 6) is -1.50. The maximum absolute atomic E-state index is 13.0. The second-order valence-electron chi connectivity index (χ2n) is 4.38. The average Bonchev–Trinajstić information content (AvgIpc) is 2.36. The lowest BCUT2D eigenvalue weighted by atomic mass is 10.1. The van der Waals surface area contributed by atoms with Crippen LogP contribution in [-0.4, -0.2) is 23.5 Å². The van der Waals surface area contributed by atoms with Gasteiger partial charge in [0, 0.05) is 18.5 Å². The number of aliphatic carboxylic acids is 1. The second kappa shape index (κ2) is 7.23. The van der Waals surface area contributed by atoms with E-state index in [1.54, 1.807) is 0 Å². The molecule has 0 radical (unpaired) electrons. The molecule has 0 saturated heterocycles. The first-order valence-corrected chi connectivity index (χ1v) is 6.64. The Bertz CT molecular complexity index is 479. The maximum Gasteiger partial charge on any atom is 0.303 e. The van der Waals surface area contributed by atoms with E-state index in [2.05, 4.69) is 21.2 Å². The largest absolute Gasteiger partial charge is 0.481 e. The van der Waals surface area contributed by atoms with E-state index in [1.165, 1.54) is 18.2 Å². The normalized spacial score (nSPS) is 11.9. The average molecular weight is 332 g/mol. The van der Waals surface area contributed by atoms with Crippen molar-refractivity contribution in [2.24, 2.45) is 5.92 Å². The summed E-state index contributed by atoms with van der Waals surface area (Å²) in [5, 5.41) is 11.2. The minimum atomic E-state index is -0.847. The molecule has 1 amide bonds. The number of carboxylic acid groups (broad SMARTS) is 1. The summed E-state index contributed by atoms with van der Waals surface area (Å²) in [5.41, 5.74) is 0.360. The number of hydrogen-bond donors (Lipinski definition) is 2. The number of hydrogen-bond acceptors (Lipinski definition) is 2. The highest BCUT2D eigenvalue weighted by molar-refractivity contribution is 9.10. The molecule has 1 atom stereocenters. The summed E-state index contributed by atoms with van der Waals surface area (Å²) in [7, 11) is 0. The van der Waals surface area contributed by atoms with E-state index < -0.39 is 11.8 Å². The standard InChI is InChI=1S/C13H15BrFNO3/c1-8(2-5-12(17)18)7-16-13(19)9-3-4-11(15)10(14)6-9/h3-4,6,8H,2,5,7H2,1H3,(H,16,19)(H,17,18). The number of nitrogens with one attached hydrogen (secondary N) is 1. The number of halogens is 2. The molecule has 0 aliphatic heterocycles. The third-order valence-electron chi connectivity index (χ3n) is 2.64. The van der Waals surface area contributed by atoms with Crippen molar-refractivity contribution in [3.05, 3.63) is 34.1 Å². The zero-order chi connectivity index (χ0) is 14.4. The zero-order valence-electron chi connectivity index (χ0n) is 10.5. The molecule has 0 aliphatic rings. The van der Waals surface area contributed by atoms with Crippen LogP contribution in [0.2, 0.25) is 0 Å². The van der Waals surface area contributed by atoms with E-state index in [9.17, 15) is 14.0 Å². The molecule has 6 heteroatoms. The van der Waals surface area contributed by atoms with Crippen LogP contribution in [0.25, 0.3) is 0 Å². The first-order valence-electron chi connectivity index (χ1n) is 5.85. The number of carboxylic acids is 1. The van der Waals surface area contributed by atoms with Gasteiger partial charge in [0.1, 0.15) is 5.82 Å². The molecule has 0 heterocycles. The Morgan fingerprint density at radius 2 is 2.16 bits per heavy atom. The van der Waals surface area contributed by atoms with Crippen molar-refractivity contribution >= 4 is 27.8 Å². The number of amides is 1.